The largest absolute Gasteiger partial charge is 0.481 e. The summed E-state index contributed by atoms with van der Waals surface area (Å²) in [5.41, 5.74) is 0. The normalized spacial score (nSPS) is 29.9. The van der Waals surface area contributed by atoms with E-state index in [4.69, 9.17) is 9.84 Å². The molecule has 0 aliphatic carbocycles. The van der Waals surface area contributed by atoms with E-state index in [1.807, 2.05) is 6.92 Å². The van der Waals surface area contributed by atoms with E-state index in [2.05, 4.69) is 5.32 Å². The molecule has 16 heavy (non-hydrogen) atoms. The number of carbonyl (C=O) groups excluding carboxylic acids is 1. The van der Waals surface area contributed by atoms with Crippen molar-refractivity contribution in [2.45, 2.75) is 25.5 Å². The van der Waals surface area contributed by atoms with Gasteiger partial charge < -0.3 is 20.1 Å². The predicted octanol–water partition coefficient (Wildman–Crippen LogP) is -0.110. The lowest BCUT2D eigenvalue weighted by Gasteiger charge is -2.37. The maximum atomic E-state index is 11.7. The van der Waals surface area contributed by atoms with E-state index in [1.165, 1.54) is 4.90 Å². The third kappa shape index (κ3) is 2.11. The lowest BCUT2D eigenvalue weighted by atomic mass is 10.0. The average molecular weight is 228 g/mol. The number of likely N-dealkylation sites (tertiary alicyclic amines) is 1. The van der Waals surface area contributed by atoms with Crippen LogP contribution in [-0.2, 0) is 9.53 Å². The Morgan fingerprint density at radius 1 is 1.44 bits per heavy atom. The van der Waals surface area contributed by atoms with Gasteiger partial charge in [-0.3, -0.25) is 4.79 Å². The van der Waals surface area contributed by atoms with Crippen LogP contribution in [0.15, 0.2) is 0 Å². The fraction of sp³-hybridized carbons (Fsp3) is 0.800. The molecule has 2 heterocycles. The molecule has 90 valence electrons. The highest BCUT2D eigenvalue weighted by Gasteiger charge is 2.37. The van der Waals surface area contributed by atoms with Gasteiger partial charge >= 0.3 is 12.0 Å². The highest BCUT2D eigenvalue weighted by Crippen LogP contribution is 2.17. The van der Waals surface area contributed by atoms with E-state index < -0.39 is 11.9 Å². The standard InChI is InChI=1S/C10H16N2O4/c1-6-8(2-3-16-6)11-10(15)12-4-7(5-12)9(13)14/h6-8H,2-5H2,1H3,(H,11,15)(H,13,14). The summed E-state index contributed by atoms with van der Waals surface area (Å²) < 4.78 is 5.33. The van der Waals surface area contributed by atoms with Crippen molar-refractivity contribution in [1.82, 2.24) is 10.2 Å². The second-order valence-electron chi connectivity index (χ2n) is 4.36. The zero-order chi connectivity index (χ0) is 11.7. The van der Waals surface area contributed by atoms with E-state index in [1.54, 1.807) is 0 Å². The van der Waals surface area contributed by atoms with Crippen molar-refractivity contribution in [3.8, 4) is 0 Å². The van der Waals surface area contributed by atoms with Crippen LogP contribution in [0.1, 0.15) is 13.3 Å². The summed E-state index contributed by atoms with van der Waals surface area (Å²) >= 11 is 0. The molecule has 2 rings (SSSR count). The van der Waals surface area contributed by atoms with E-state index in [0.29, 0.717) is 19.7 Å². The predicted molar refractivity (Wildman–Crippen MR) is 55.0 cm³/mol. The van der Waals surface area contributed by atoms with Gasteiger partial charge in [0.2, 0.25) is 0 Å². The number of urea groups is 1. The minimum absolute atomic E-state index is 0.0421. The zero-order valence-corrected chi connectivity index (χ0v) is 9.18. The Balaban J connectivity index is 1.75. The smallest absolute Gasteiger partial charge is 0.317 e. The number of hydrogen-bond acceptors (Lipinski definition) is 3. The highest BCUT2D eigenvalue weighted by atomic mass is 16.5. The number of carboxylic acids is 1. The molecule has 2 N–H and O–H groups in total. The van der Waals surface area contributed by atoms with Gasteiger partial charge in [0, 0.05) is 19.7 Å². The molecule has 2 atom stereocenters. The van der Waals surface area contributed by atoms with Crippen molar-refractivity contribution >= 4 is 12.0 Å². The average Bonchev–Trinajstić information content (AvgIpc) is 2.48. The van der Waals surface area contributed by atoms with Crippen LogP contribution in [0.3, 0.4) is 0 Å². The molecule has 6 heteroatoms. The monoisotopic (exact) mass is 228 g/mol. The van der Waals surface area contributed by atoms with Gasteiger partial charge in [-0.05, 0) is 13.3 Å². The number of nitrogens with one attached hydrogen (secondary N) is 1. The number of nitrogens with zero attached hydrogens (tertiary/aromatic N) is 1. The van der Waals surface area contributed by atoms with Gasteiger partial charge in [0.1, 0.15) is 0 Å². The number of carboxylic acid groups (broad SMARTS) is 1. The lowest BCUT2D eigenvalue weighted by molar-refractivity contribution is -0.146. The summed E-state index contributed by atoms with van der Waals surface area (Å²) in [6.45, 7) is 3.21. The quantitative estimate of drug-likeness (QED) is 0.691. The summed E-state index contributed by atoms with van der Waals surface area (Å²) in [6.07, 6.45) is 0.865. The van der Waals surface area contributed by atoms with Crippen LogP contribution < -0.4 is 5.32 Å². The third-order valence-corrected chi connectivity index (χ3v) is 3.20. The number of rotatable bonds is 2. The second kappa shape index (κ2) is 4.29. The van der Waals surface area contributed by atoms with Gasteiger partial charge in [0.15, 0.2) is 0 Å². The Morgan fingerprint density at radius 3 is 2.62 bits per heavy atom. The van der Waals surface area contributed by atoms with Gasteiger partial charge in [-0.2, -0.15) is 0 Å². The van der Waals surface area contributed by atoms with E-state index >= 15 is 0 Å². The molecule has 0 radical (unpaired) electrons. The molecule has 2 fully saturated rings. The third-order valence-electron chi connectivity index (χ3n) is 3.20. The Bertz CT molecular complexity index is 301. The van der Waals surface area contributed by atoms with Gasteiger partial charge in [0.25, 0.3) is 0 Å². The lowest BCUT2D eigenvalue weighted by Crippen LogP contribution is -2.58. The fourth-order valence-electron chi connectivity index (χ4n) is 1.97. The zero-order valence-electron chi connectivity index (χ0n) is 9.18. The van der Waals surface area contributed by atoms with Gasteiger partial charge in [0.05, 0.1) is 18.1 Å². The minimum Gasteiger partial charge on any atom is -0.481 e. The minimum atomic E-state index is -0.832. The summed E-state index contributed by atoms with van der Waals surface area (Å²) in [5.74, 6) is -1.23. The summed E-state index contributed by atoms with van der Waals surface area (Å²) in [6, 6.07) is -0.128. The first kappa shape index (κ1) is 11.2. The van der Waals surface area contributed by atoms with Crippen molar-refractivity contribution in [3.63, 3.8) is 0 Å². The Morgan fingerprint density at radius 2 is 2.12 bits per heavy atom. The molecule has 2 aliphatic rings. The summed E-state index contributed by atoms with van der Waals surface area (Å²) in [7, 11) is 0. The van der Waals surface area contributed by atoms with Crippen LogP contribution in [-0.4, -0.2) is 53.8 Å². The number of amides is 2. The number of ether oxygens (including phenoxy) is 1. The Kier molecular flexibility index (Phi) is 3.00. The first-order chi connectivity index (χ1) is 7.58. The SMILES string of the molecule is CC1OCCC1NC(=O)N1CC(C(=O)O)C1. The van der Waals surface area contributed by atoms with E-state index in [0.717, 1.165) is 6.42 Å². The molecule has 2 amide bonds. The molecule has 0 bridgehead atoms. The first-order valence-electron chi connectivity index (χ1n) is 5.48. The molecule has 0 spiro atoms. The fourth-order valence-corrected chi connectivity index (χ4v) is 1.97. The highest BCUT2D eigenvalue weighted by molar-refractivity contribution is 5.80. The van der Waals surface area contributed by atoms with Crippen LogP contribution in [0.25, 0.3) is 0 Å². The van der Waals surface area contributed by atoms with Crippen molar-refractivity contribution in [3.05, 3.63) is 0 Å². The molecule has 6 nitrogen and oxygen atoms in total. The van der Waals surface area contributed by atoms with Crippen molar-refractivity contribution in [2.75, 3.05) is 19.7 Å². The molecule has 0 aromatic rings. The molecular weight excluding hydrogens is 212 g/mol. The molecule has 0 aromatic heterocycles. The van der Waals surface area contributed by atoms with Crippen molar-refractivity contribution < 1.29 is 19.4 Å². The van der Waals surface area contributed by atoms with Gasteiger partial charge in [-0.15, -0.1) is 0 Å². The maximum Gasteiger partial charge on any atom is 0.317 e. The Hall–Kier alpha value is -1.30. The molecule has 2 saturated heterocycles. The number of aliphatic carboxylic acids is 1. The van der Waals surface area contributed by atoms with Crippen molar-refractivity contribution in [1.29, 1.82) is 0 Å². The van der Waals surface area contributed by atoms with Gasteiger partial charge in [-0.25, -0.2) is 4.79 Å². The number of hydrogen-bond donors (Lipinski definition) is 2. The van der Waals surface area contributed by atoms with Crippen LogP contribution in [0, 0.1) is 5.92 Å². The molecule has 0 aromatic carbocycles. The molecule has 0 saturated carbocycles. The van der Waals surface area contributed by atoms with Crippen LogP contribution in [0.4, 0.5) is 4.79 Å². The van der Waals surface area contributed by atoms with Crippen LogP contribution in [0.2, 0.25) is 0 Å². The first-order valence-corrected chi connectivity index (χ1v) is 5.48. The van der Waals surface area contributed by atoms with Crippen LogP contribution >= 0.6 is 0 Å². The second-order valence-corrected chi connectivity index (χ2v) is 4.36. The molecule has 2 unspecified atom stereocenters. The maximum absolute atomic E-state index is 11.7. The van der Waals surface area contributed by atoms with E-state index in [9.17, 15) is 9.59 Å². The molecular formula is C10H16N2O4. The Labute approximate surface area is 93.6 Å². The number of carbonyl (C=O) groups is 2. The van der Waals surface area contributed by atoms with E-state index in [-0.39, 0.29) is 18.2 Å². The topological polar surface area (TPSA) is 78.9 Å². The van der Waals surface area contributed by atoms with Gasteiger partial charge in [-0.1, -0.05) is 0 Å². The summed E-state index contributed by atoms with van der Waals surface area (Å²) in [5, 5.41) is 11.5. The molecule has 2 aliphatic heterocycles. The van der Waals surface area contributed by atoms with Crippen molar-refractivity contribution in [2.24, 2.45) is 5.92 Å². The van der Waals surface area contributed by atoms with Crippen LogP contribution in [0.5, 0.6) is 0 Å². The summed E-state index contributed by atoms with van der Waals surface area (Å²) in [4.78, 5) is 23.7.